The SMILES string of the molecule is CCOC(C(=O)NC)C(C)(C)C. The van der Waals surface area contributed by atoms with Crippen LogP contribution in [0.25, 0.3) is 0 Å². The third-order valence-electron chi connectivity index (χ3n) is 1.60. The largest absolute Gasteiger partial charge is 0.368 e. The zero-order chi connectivity index (χ0) is 9.78. The molecule has 1 unspecified atom stereocenters. The van der Waals surface area contributed by atoms with E-state index in [2.05, 4.69) is 5.32 Å². The van der Waals surface area contributed by atoms with Crippen molar-refractivity contribution in [2.24, 2.45) is 5.41 Å². The van der Waals surface area contributed by atoms with E-state index in [-0.39, 0.29) is 17.4 Å². The highest BCUT2D eigenvalue weighted by Gasteiger charge is 2.30. The van der Waals surface area contributed by atoms with Gasteiger partial charge >= 0.3 is 0 Å². The summed E-state index contributed by atoms with van der Waals surface area (Å²) in [7, 11) is 1.63. The van der Waals surface area contributed by atoms with E-state index in [1.54, 1.807) is 7.05 Å². The van der Waals surface area contributed by atoms with Gasteiger partial charge in [0, 0.05) is 13.7 Å². The Morgan fingerprint density at radius 2 is 2.00 bits per heavy atom. The first-order valence-corrected chi connectivity index (χ1v) is 4.26. The highest BCUT2D eigenvalue weighted by atomic mass is 16.5. The van der Waals surface area contributed by atoms with Gasteiger partial charge in [-0.1, -0.05) is 20.8 Å². The average molecular weight is 173 g/mol. The van der Waals surface area contributed by atoms with Crippen molar-refractivity contribution in [1.29, 1.82) is 0 Å². The lowest BCUT2D eigenvalue weighted by atomic mass is 9.88. The van der Waals surface area contributed by atoms with Gasteiger partial charge in [-0.15, -0.1) is 0 Å². The number of amides is 1. The van der Waals surface area contributed by atoms with Gasteiger partial charge in [0.05, 0.1) is 0 Å². The Bertz CT molecular complexity index is 149. The van der Waals surface area contributed by atoms with Crippen molar-refractivity contribution in [2.45, 2.75) is 33.8 Å². The summed E-state index contributed by atoms with van der Waals surface area (Å²) in [5, 5.41) is 2.59. The molecular weight excluding hydrogens is 154 g/mol. The number of likely N-dealkylation sites (N-methyl/N-ethyl adjacent to an activating group) is 1. The van der Waals surface area contributed by atoms with E-state index in [0.717, 1.165) is 0 Å². The van der Waals surface area contributed by atoms with Crippen LogP contribution in [0.4, 0.5) is 0 Å². The van der Waals surface area contributed by atoms with Gasteiger partial charge in [0.2, 0.25) is 5.91 Å². The number of carbonyl (C=O) groups excluding carboxylic acids is 1. The minimum absolute atomic E-state index is 0.0515. The molecule has 1 amide bonds. The number of carbonyl (C=O) groups is 1. The Balaban J connectivity index is 4.33. The van der Waals surface area contributed by atoms with Gasteiger partial charge in [-0.3, -0.25) is 4.79 Å². The summed E-state index contributed by atoms with van der Waals surface area (Å²) in [6.45, 7) is 8.42. The van der Waals surface area contributed by atoms with Gasteiger partial charge < -0.3 is 10.1 Å². The summed E-state index contributed by atoms with van der Waals surface area (Å²) in [5.41, 5.74) is -0.143. The van der Waals surface area contributed by atoms with E-state index in [4.69, 9.17) is 4.74 Å². The molecule has 0 aromatic heterocycles. The number of hydrogen-bond acceptors (Lipinski definition) is 2. The molecule has 0 saturated carbocycles. The van der Waals surface area contributed by atoms with Crippen LogP contribution in [0.3, 0.4) is 0 Å². The van der Waals surface area contributed by atoms with Gasteiger partial charge in [0.25, 0.3) is 0 Å². The molecule has 0 rings (SSSR count). The van der Waals surface area contributed by atoms with Gasteiger partial charge in [0.15, 0.2) is 0 Å². The summed E-state index contributed by atoms with van der Waals surface area (Å²) in [4.78, 5) is 11.3. The first-order chi connectivity index (χ1) is 5.43. The van der Waals surface area contributed by atoms with Crippen LogP contribution in [0, 0.1) is 5.41 Å². The molecule has 0 aliphatic carbocycles. The number of nitrogens with one attached hydrogen (secondary N) is 1. The van der Waals surface area contributed by atoms with E-state index < -0.39 is 0 Å². The normalized spacial score (nSPS) is 14.1. The molecular formula is C9H19NO2. The lowest BCUT2D eigenvalue weighted by Gasteiger charge is -2.28. The molecule has 0 saturated heterocycles. The van der Waals surface area contributed by atoms with Crippen molar-refractivity contribution in [3.63, 3.8) is 0 Å². The highest BCUT2D eigenvalue weighted by Crippen LogP contribution is 2.22. The summed E-state index contributed by atoms with van der Waals surface area (Å²) < 4.78 is 5.35. The first-order valence-electron chi connectivity index (χ1n) is 4.26. The van der Waals surface area contributed by atoms with E-state index >= 15 is 0 Å². The third kappa shape index (κ3) is 3.22. The second-order valence-electron chi connectivity index (χ2n) is 3.82. The minimum Gasteiger partial charge on any atom is -0.368 e. The number of hydrogen-bond donors (Lipinski definition) is 1. The van der Waals surface area contributed by atoms with E-state index in [1.807, 2.05) is 27.7 Å². The molecule has 3 nitrogen and oxygen atoms in total. The van der Waals surface area contributed by atoms with Crippen molar-refractivity contribution in [3.8, 4) is 0 Å². The van der Waals surface area contributed by atoms with Gasteiger partial charge in [0.1, 0.15) is 6.10 Å². The van der Waals surface area contributed by atoms with Crippen molar-refractivity contribution < 1.29 is 9.53 Å². The summed E-state index contributed by atoms with van der Waals surface area (Å²) >= 11 is 0. The maximum atomic E-state index is 11.3. The van der Waals surface area contributed by atoms with Crippen LogP contribution in [0.5, 0.6) is 0 Å². The molecule has 1 N–H and O–H groups in total. The molecule has 0 spiro atoms. The molecule has 1 atom stereocenters. The zero-order valence-electron chi connectivity index (χ0n) is 8.60. The Kier molecular flexibility index (Phi) is 4.24. The number of ether oxygens (including phenoxy) is 1. The van der Waals surface area contributed by atoms with Crippen molar-refractivity contribution in [1.82, 2.24) is 5.32 Å². The van der Waals surface area contributed by atoms with E-state index in [0.29, 0.717) is 6.61 Å². The van der Waals surface area contributed by atoms with Crippen LogP contribution >= 0.6 is 0 Å². The smallest absolute Gasteiger partial charge is 0.249 e. The topological polar surface area (TPSA) is 38.3 Å². The average Bonchev–Trinajstić information content (AvgIpc) is 1.96. The van der Waals surface area contributed by atoms with Crippen molar-refractivity contribution in [3.05, 3.63) is 0 Å². The Hall–Kier alpha value is -0.570. The van der Waals surface area contributed by atoms with Crippen LogP contribution in [-0.2, 0) is 9.53 Å². The maximum absolute atomic E-state index is 11.3. The molecule has 3 heteroatoms. The number of rotatable bonds is 3. The molecule has 12 heavy (non-hydrogen) atoms. The Morgan fingerprint density at radius 3 is 2.25 bits per heavy atom. The molecule has 0 heterocycles. The fourth-order valence-corrected chi connectivity index (χ4v) is 1.02. The van der Waals surface area contributed by atoms with Gasteiger partial charge in [-0.2, -0.15) is 0 Å². The van der Waals surface area contributed by atoms with E-state index in [9.17, 15) is 4.79 Å². The molecule has 72 valence electrons. The van der Waals surface area contributed by atoms with Crippen LogP contribution in [0.2, 0.25) is 0 Å². The Labute approximate surface area is 74.5 Å². The Morgan fingerprint density at radius 1 is 1.50 bits per heavy atom. The highest BCUT2D eigenvalue weighted by molar-refractivity contribution is 5.81. The van der Waals surface area contributed by atoms with Gasteiger partial charge in [-0.05, 0) is 12.3 Å². The van der Waals surface area contributed by atoms with Gasteiger partial charge in [-0.25, -0.2) is 0 Å². The standard InChI is InChI=1S/C9H19NO2/c1-6-12-7(8(11)10-5)9(2,3)4/h7H,6H2,1-5H3,(H,10,11). The predicted octanol–water partition coefficient (Wildman–Crippen LogP) is 1.18. The molecule has 0 aliphatic rings. The fraction of sp³-hybridized carbons (Fsp3) is 0.889. The summed E-state index contributed by atoms with van der Waals surface area (Å²) in [5.74, 6) is -0.0515. The van der Waals surface area contributed by atoms with Crippen LogP contribution in [-0.4, -0.2) is 25.7 Å². The maximum Gasteiger partial charge on any atom is 0.249 e. The van der Waals surface area contributed by atoms with Crippen LogP contribution in [0.1, 0.15) is 27.7 Å². The van der Waals surface area contributed by atoms with Crippen molar-refractivity contribution >= 4 is 5.91 Å². The second-order valence-corrected chi connectivity index (χ2v) is 3.82. The molecule has 0 radical (unpaired) electrons. The van der Waals surface area contributed by atoms with E-state index in [1.165, 1.54) is 0 Å². The molecule has 0 fully saturated rings. The lowest BCUT2D eigenvalue weighted by molar-refractivity contribution is -0.139. The fourth-order valence-electron chi connectivity index (χ4n) is 1.02. The molecule has 0 aliphatic heterocycles. The van der Waals surface area contributed by atoms with Crippen LogP contribution < -0.4 is 5.32 Å². The second kappa shape index (κ2) is 4.45. The molecule has 0 bridgehead atoms. The molecule has 0 aromatic rings. The van der Waals surface area contributed by atoms with Crippen molar-refractivity contribution in [2.75, 3.05) is 13.7 Å². The monoisotopic (exact) mass is 173 g/mol. The summed E-state index contributed by atoms with van der Waals surface area (Å²) in [6.07, 6.45) is -0.354. The van der Waals surface area contributed by atoms with Crippen LogP contribution in [0.15, 0.2) is 0 Å². The predicted molar refractivity (Wildman–Crippen MR) is 48.9 cm³/mol. The minimum atomic E-state index is -0.354. The molecule has 0 aromatic carbocycles. The third-order valence-corrected chi connectivity index (χ3v) is 1.60. The zero-order valence-corrected chi connectivity index (χ0v) is 8.60. The summed E-state index contributed by atoms with van der Waals surface area (Å²) in [6, 6.07) is 0. The first kappa shape index (κ1) is 11.4. The quantitative estimate of drug-likeness (QED) is 0.696. The lowest BCUT2D eigenvalue weighted by Crippen LogP contribution is -2.43.